The van der Waals surface area contributed by atoms with Gasteiger partial charge in [-0.3, -0.25) is 9.59 Å². The van der Waals surface area contributed by atoms with Crippen molar-refractivity contribution in [1.82, 2.24) is 10.0 Å². The molecule has 0 fully saturated rings. The molecule has 1 aromatic carbocycles. The standard InChI is InChI=1S/C17H19ClN2O6S/c1-12(15-3-2-10-25-15)20-16(21)11-26-17(22)8-9-19-27(23,24)14-6-4-13(18)5-7-14/h2-7,10,12,19H,8-9,11H2,1H3,(H,20,21)/t12-/m1/s1. The van der Waals surface area contributed by atoms with E-state index in [0.717, 1.165) is 0 Å². The van der Waals surface area contributed by atoms with Crippen LogP contribution in [0.4, 0.5) is 0 Å². The number of rotatable bonds is 9. The number of hydrogen-bond donors (Lipinski definition) is 2. The van der Waals surface area contributed by atoms with Crippen LogP contribution in [0.2, 0.25) is 5.02 Å². The van der Waals surface area contributed by atoms with E-state index in [4.69, 9.17) is 20.8 Å². The largest absolute Gasteiger partial charge is 0.467 e. The second-order valence-corrected chi connectivity index (χ2v) is 7.77. The zero-order valence-electron chi connectivity index (χ0n) is 14.5. The summed E-state index contributed by atoms with van der Waals surface area (Å²) >= 11 is 5.71. The first kappa shape index (κ1) is 20.9. The van der Waals surface area contributed by atoms with E-state index in [1.54, 1.807) is 19.1 Å². The average molecular weight is 415 g/mol. The van der Waals surface area contributed by atoms with E-state index in [0.29, 0.717) is 10.8 Å². The topological polar surface area (TPSA) is 115 Å². The molecule has 27 heavy (non-hydrogen) atoms. The van der Waals surface area contributed by atoms with E-state index in [1.165, 1.54) is 30.5 Å². The number of ether oxygens (including phenoxy) is 1. The van der Waals surface area contributed by atoms with Crippen LogP contribution >= 0.6 is 11.6 Å². The first-order chi connectivity index (χ1) is 12.8. The molecule has 0 unspecified atom stereocenters. The second kappa shape index (κ2) is 9.54. The molecule has 146 valence electrons. The quantitative estimate of drug-likeness (QED) is 0.606. The molecule has 2 aromatic rings. The molecular formula is C17H19ClN2O6S. The van der Waals surface area contributed by atoms with Gasteiger partial charge < -0.3 is 14.5 Å². The Bertz CT molecular complexity index is 865. The number of carbonyl (C=O) groups excluding carboxylic acids is 2. The van der Waals surface area contributed by atoms with E-state index in [2.05, 4.69) is 10.0 Å². The Kier molecular flexibility index (Phi) is 7.40. The molecular weight excluding hydrogens is 396 g/mol. The molecule has 0 aliphatic carbocycles. The van der Waals surface area contributed by atoms with Crippen molar-refractivity contribution >= 4 is 33.5 Å². The summed E-state index contributed by atoms with van der Waals surface area (Å²) < 4.78 is 36.3. The zero-order chi connectivity index (χ0) is 19.9. The lowest BCUT2D eigenvalue weighted by atomic mass is 10.2. The summed E-state index contributed by atoms with van der Waals surface area (Å²) in [5.41, 5.74) is 0. The van der Waals surface area contributed by atoms with E-state index in [9.17, 15) is 18.0 Å². The van der Waals surface area contributed by atoms with E-state index in [1.807, 2.05) is 0 Å². The van der Waals surface area contributed by atoms with Crippen LogP contribution < -0.4 is 10.0 Å². The monoisotopic (exact) mass is 414 g/mol. The summed E-state index contributed by atoms with van der Waals surface area (Å²) in [6.45, 7) is 1.10. The van der Waals surface area contributed by atoms with Gasteiger partial charge in [-0.15, -0.1) is 0 Å². The first-order valence-electron chi connectivity index (χ1n) is 8.01. The fourth-order valence-corrected chi connectivity index (χ4v) is 3.25. The van der Waals surface area contributed by atoms with Gasteiger partial charge in [0, 0.05) is 11.6 Å². The van der Waals surface area contributed by atoms with E-state index >= 15 is 0 Å². The van der Waals surface area contributed by atoms with Gasteiger partial charge in [-0.1, -0.05) is 11.6 Å². The Morgan fingerprint density at radius 1 is 1.22 bits per heavy atom. The highest BCUT2D eigenvalue weighted by atomic mass is 35.5. The second-order valence-electron chi connectivity index (χ2n) is 5.57. The molecule has 0 saturated carbocycles. The van der Waals surface area contributed by atoms with Crippen molar-refractivity contribution < 1.29 is 27.2 Å². The maximum absolute atomic E-state index is 12.0. The van der Waals surface area contributed by atoms with Crippen molar-refractivity contribution in [3.8, 4) is 0 Å². The highest BCUT2D eigenvalue weighted by Gasteiger charge is 2.16. The summed E-state index contributed by atoms with van der Waals surface area (Å²) in [7, 11) is -3.75. The number of sulfonamides is 1. The highest BCUT2D eigenvalue weighted by molar-refractivity contribution is 7.89. The molecule has 1 aromatic heterocycles. The Labute approximate surface area is 161 Å². The number of amides is 1. The predicted octanol–water partition coefficient (Wildman–Crippen LogP) is 2.02. The minimum Gasteiger partial charge on any atom is -0.467 e. The maximum Gasteiger partial charge on any atom is 0.307 e. The number of esters is 1. The van der Waals surface area contributed by atoms with Crippen LogP contribution in [0.25, 0.3) is 0 Å². The van der Waals surface area contributed by atoms with Gasteiger partial charge in [-0.25, -0.2) is 13.1 Å². The smallest absolute Gasteiger partial charge is 0.307 e. The predicted molar refractivity (Wildman–Crippen MR) is 97.5 cm³/mol. The molecule has 0 aliphatic rings. The van der Waals surface area contributed by atoms with Gasteiger partial charge in [0.1, 0.15) is 5.76 Å². The molecule has 1 amide bonds. The summed E-state index contributed by atoms with van der Waals surface area (Å²) in [4.78, 5) is 23.4. The lowest BCUT2D eigenvalue weighted by Crippen LogP contribution is -2.32. The fourth-order valence-electron chi connectivity index (χ4n) is 2.09. The van der Waals surface area contributed by atoms with Crippen LogP contribution in [-0.4, -0.2) is 33.4 Å². The van der Waals surface area contributed by atoms with Crippen LogP contribution in [-0.2, 0) is 24.3 Å². The van der Waals surface area contributed by atoms with Crippen molar-refractivity contribution in [3.05, 3.63) is 53.4 Å². The minimum absolute atomic E-state index is 0.0339. The third-order valence-corrected chi connectivity index (χ3v) is 5.19. The molecule has 0 spiro atoms. The zero-order valence-corrected chi connectivity index (χ0v) is 16.0. The van der Waals surface area contributed by atoms with Crippen LogP contribution in [0.5, 0.6) is 0 Å². The number of benzene rings is 1. The summed E-state index contributed by atoms with van der Waals surface area (Å²) in [5, 5.41) is 3.03. The van der Waals surface area contributed by atoms with E-state index in [-0.39, 0.29) is 23.9 Å². The Balaban J connectivity index is 1.70. The summed E-state index contributed by atoms with van der Waals surface area (Å²) in [6.07, 6.45) is 1.27. The average Bonchev–Trinajstić information content (AvgIpc) is 3.15. The van der Waals surface area contributed by atoms with Gasteiger partial charge in [-0.05, 0) is 43.3 Å². The number of halogens is 1. The van der Waals surface area contributed by atoms with Crippen molar-refractivity contribution in [1.29, 1.82) is 0 Å². The Morgan fingerprint density at radius 3 is 2.56 bits per heavy atom. The lowest BCUT2D eigenvalue weighted by molar-refractivity contribution is -0.148. The van der Waals surface area contributed by atoms with Crippen LogP contribution in [0, 0.1) is 0 Å². The van der Waals surface area contributed by atoms with Crippen LogP contribution in [0.15, 0.2) is 52.0 Å². The van der Waals surface area contributed by atoms with Crippen molar-refractivity contribution in [3.63, 3.8) is 0 Å². The number of carbonyl (C=O) groups is 2. The molecule has 8 nitrogen and oxygen atoms in total. The third-order valence-electron chi connectivity index (χ3n) is 3.46. The van der Waals surface area contributed by atoms with Gasteiger partial charge in [0.05, 0.1) is 23.6 Å². The minimum atomic E-state index is -3.75. The van der Waals surface area contributed by atoms with Crippen molar-refractivity contribution in [2.45, 2.75) is 24.3 Å². The molecule has 2 N–H and O–H groups in total. The van der Waals surface area contributed by atoms with Gasteiger partial charge in [0.2, 0.25) is 10.0 Å². The van der Waals surface area contributed by atoms with Gasteiger partial charge in [-0.2, -0.15) is 0 Å². The summed E-state index contributed by atoms with van der Waals surface area (Å²) in [5.74, 6) is -0.616. The molecule has 1 heterocycles. The molecule has 10 heteroatoms. The molecule has 0 radical (unpaired) electrons. The normalized spacial score (nSPS) is 12.4. The molecule has 2 rings (SSSR count). The third kappa shape index (κ3) is 6.70. The molecule has 0 saturated heterocycles. The Hall–Kier alpha value is -2.36. The van der Waals surface area contributed by atoms with Gasteiger partial charge >= 0.3 is 5.97 Å². The lowest BCUT2D eigenvalue weighted by Gasteiger charge is -2.11. The number of hydrogen-bond acceptors (Lipinski definition) is 6. The van der Waals surface area contributed by atoms with Crippen LogP contribution in [0.3, 0.4) is 0 Å². The maximum atomic E-state index is 12.0. The fraction of sp³-hybridized carbons (Fsp3) is 0.294. The Morgan fingerprint density at radius 2 is 1.93 bits per heavy atom. The highest BCUT2D eigenvalue weighted by Crippen LogP contribution is 2.14. The van der Waals surface area contributed by atoms with Crippen LogP contribution in [0.1, 0.15) is 25.1 Å². The van der Waals surface area contributed by atoms with Crippen molar-refractivity contribution in [2.75, 3.05) is 13.2 Å². The van der Waals surface area contributed by atoms with Gasteiger partial charge in [0.15, 0.2) is 6.61 Å². The molecule has 0 bridgehead atoms. The number of furan rings is 1. The van der Waals surface area contributed by atoms with E-state index < -0.39 is 28.5 Å². The molecule has 1 atom stereocenters. The molecule has 0 aliphatic heterocycles. The SMILES string of the molecule is C[C@@H](NC(=O)COC(=O)CCNS(=O)(=O)c1ccc(Cl)cc1)c1ccco1. The first-order valence-corrected chi connectivity index (χ1v) is 9.87. The van der Waals surface area contributed by atoms with Crippen molar-refractivity contribution in [2.24, 2.45) is 0 Å². The number of nitrogens with one attached hydrogen (secondary N) is 2. The summed E-state index contributed by atoms with van der Waals surface area (Å²) in [6, 6.07) is 8.66. The van der Waals surface area contributed by atoms with Gasteiger partial charge in [0.25, 0.3) is 5.91 Å².